The zero-order valence-corrected chi connectivity index (χ0v) is 17.8. The lowest BCUT2D eigenvalue weighted by Crippen LogP contribution is -2.55. The molecule has 2 aliphatic rings. The van der Waals surface area contributed by atoms with Crippen molar-refractivity contribution in [2.45, 2.75) is 63.6 Å². The number of aromatic amines is 1. The third-order valence-electron chi connectivity index (χ3n) is 6.50. The number of benzene rings is 1. The Balaban J connectivity index is 1.39. The number of hydrogen-bond acceptors (Lipinski definition) is 7. The molecule has 8 heteroatoms. The number of rotatable bonds is 6. The van der Waals surface area contributed by atoms with Crippen molar-refractivity contribution >= 4 is 28.5 Å². The molecule has 2 fully saturated rings. The van der Waals surface area contributed by atoms with Crippen LogP contribution in [0.5, 0.6) is 0 Å². The standard InChI is InChI=1S/C23H28N8/c1-15-12-21(30-29-15)27-23-26-20-9-3-2-8-19(20)22(28-23)25-16-13-17-6-4-7-18(14-16)31(17)11-5-10-24/h2-3,8-9,12,16-18H,4-7,11,13-14H2,1H3,(H3,25,26,27,28,29,30)/t16?,17-,18+. The number of aryl methyl sites for hydroxylation is 1. The maximum Gasteiger partial charge on any atom is 0.230 e. The zero-order valence-electron chi connectivity index (χ0n) is 17.8. The van der Waals surface area contributed by atoms with E-state index in [0.717, 1.165) is 41.8 Å². The van der Waals surface area contributed by atoms with Crippen molar-refractivity contribution in [1.82, 2.24) is 25.1 Å². The summed E-state index contributed by atoms with van der Waals surface area (Å²) in [6.07, 6.45) is 6.51. The minimum Gasteiger partial charge on any atom is -0.367 e. The van der Waals surface area contributed by atoms with Gasteiger partial charge in [-0.2, -0.15) is 15.3 Å². The van der Waals surface area contributed by atoms with Crippen molar-refractivity contribution in [3.8, 4) is 6.07 Å². The highest BCUT2D eigenvalue weighted by Crippen LogP contribution is 2.36. The molecule has 0 radical (unpaired) electrons. The van der Waals surface area contributed by atoms with Gasteiger partial charge in [0.15, 0.2) is 5.82 Å². The summed E-state index contributed by atoms with van der Waals surface area (Å²) in [4.78, 5) is 12.1. The molecule has 160 valence electrons. The summed E-state index contributed by atoms with van der Waals surface area (Å²) in [5.41, 5.74) is 1.89. The Morgan fingerprint density at radius 1 is 1.19 bits per heavy atom. The van der Waals surface area contributed by atoms with Crippen LogP contribution in [0.2, 0.25) is 0 Å². The molecule has 2 bridgehead atoms. The molecular formula is C23H28N8. The average molecular weight is 417 g/mol. The third kappa shape index (κ3) is 4.19. The Kier molecular flexibility index (Phi) is 5.43. The van der Waals surface area contributed by atoms with E-state index in [1.807, 2.05) is 31.2 Å². The van der Waals surface area contributed by atoms with Crippen LogP contribution in [0.25, 0.3) is 10.9 Å². The van der Waals surface area contributed by atoms with Gasteiger partial charge in [-0.25, -0.2) is 4.98 Å². The molecule has 2 aromatic heterocycles. The van der Waals surface area contributed by atoms with Crippen LogP contribution in [0, 0.1) is 18.3 Å². The van der Waals surface area contributed by atoms with Crippen LogP contribution >= 0.6 is 0 Å². The third-order valence-corrected chi connectivity index (χ3v) is 6.50. The first kappa shape index (κ1) is 19.8. The molecule has 1 aromatic carbocycles. The Hall–Kier alpha value is -3.18. The van der Waals surface area contributed by atoms with Gasteiger partial charge in [0.1, 0.15) is 5.82 Å². The van der Waals surface area contributed by atoms with E-state index in [4.69, 9.17) is 10.2 Å². The maximum atomic E-state index is 9.03. The highest BCUT2D eigenvalue weighted by atomic mass is 15.2. The lowest BCUT2D eigenvalue weighted by Gasteiger charge is -2.49. The SMILES string of the molecule is Cc1cc(Nc2nc(NC3C[C@H]4CCC[C@@H](C3)N4CCC#N)c3ccccc3n2)n[nH]1. The van der Waals surface area contributed by atoms with E-state index in [-0.39, 0.29) is 0 Å². The van der Waals surface area contributed by atoms with E-state index >= 15 is 0 Å². The van der Waals surface area contributed by atoms with Gasteiger partial charge in [-0.3, -0.25) is 10.00 Å². The molecule has 2 saturated heterocycles. The second-order valence-electron chi connectivity index (χ2n) is 8.67. The largest absolute Gasteiger partial charge is 0.367 e. The molecule has 3 aromatic rings. The van der Waals surface area contributed by atoms with Crippen LogP contribution in [0.15, 0.2) is 30.3 Å². The minimum absolute atomic E-state index is 0.368. The van der Waals surface area contributed by atoms with E-state index in [1.165, 1.54) is 19.3 Å². The van der Waals surface area contributed by atoms with E-state index < -0.39 is 0 Å². The van der Waals surface area contributed by atoms with Gasteiger partial charge in [0, 0.05) is 48.2 Å². The minimum atomic E-state index is 0.368. The van der Waals surface area contributed by atoms with Gasteiger partial charge >= 0.3 is 0 Å². The molecule has 5 rings (SSSR count). The highest BCUT2D eigenvalue weighted by molar-refractivity contribution is 5.90. The smallest absolute Gasteiger partial charge is 0.230 e. The molecular weight excluding hydrogens is 388 g/mol. The topological polar surface area (TPSA) is 106 Å². The Morgan fingerprint density at radius 3 is 2.74 bits per heavy atom. The molecule has 0 spiro atoms. The number of H-pyrrole nitrogens is 1. The van der Waals surface area contributed by atoms with Crippen LogP contribution in [-0.4, -0.2) is 49.7 Å². The number of anilines is 3. The van der Waals surface area contributed by atoms with Gasteiger partial charge in [0.2, 0.25) is 5.95 Å². The molecule has 3 atom stereocenters. The van der Waals surface area contributed by atoms with Crippen LogP contribution in [0.3, 0.4) is 0 Å². The quantitative estimate of drug-likeness (QED) is 0.555. The number of aromatic nitrogens is 4. The van der Waals surface area contributed by atoms with E-state index in [0.29, 0.717) is 36.3 Å². The molecule has 31 heavy (non-hydrogen) atoms. The number of fused-ring (bicyclic) bond motifs is 3. The summed E-state index contributed by atoms with van der Waals surface area (Å²) >= 11 is 0. The van der Waals surface area contributed by atoms with Crippen LogP contribution in [0.1, 0.15) is 44.2 Å². The number of nitriles is 1. The first-order valence-corrected chi connectivity index (χ1v) is 11.1. The van der Waals surface area contributed by atoms with Crippen LogP contribution in [-0.2, 0) is 0 Å². The number of hydrogen-bond donors (Lipinski definition) is 3. The van der Waals surface area contributed by atoms with Crippen molar-refractivity contribution in [2.24, 2.45) is 0 Å². The van der Waals surface area contributed by atoms with E-state index in [2.05, 4.69) is 42.9 Å². The first-order chi connectivity index (χ1) is 15.2. The van der Waals surface area contributed by atoms with Gasteiger partial charge in [-0.1, -0.05) is 18.6 Å². The first-order valence-electron chi connectivity index (χ1n) is 11.1. The summed E-state index contributed by atoms with van der Waals surface area (Å²) in [6, 6.07) is 13.8. The second-order valence-corrected chi connectivity index (χ2v) is 8.67. The maximum absolute atomic E-state index is 9.03. The summed E-state index contributed by atoms with van der Waals surface area (Å²) in [5.74, 6) is 2.12. The van der Waals surface area contributed by atoms with Crippen LogP contribution in [0.4, 0.5) is 17.6 Å². The molecule has 0 saturated carbocycles. The summed E-state index contributed by atoms with van der Waals surface area (Å²) in [7, 11) is 0. The highest BCUT2D eigenvalue weighted by Gasteiger charge is 2.38. The summed E-state index contributed by atoms with van der Waals surface area (Å²) in [5, 5.41) is 24.2. The van der Waals surface area contributed by atoms with Crippen molar-refractivity contribution in [3.05, 3.63) is 36.0 Å². The molecule has 0 aliphatic carbocycles. The zero-order chi connectivity index (χ0) is 21.2. The monoisotopic (exact) mass is 416 g/mol. The van der Waals surface area contributed by atoms with E-state index in [9.17, 15) is 0 Å². The van der Waals surface area contributed by atoms with Crippen LogP contribution < -0.4 is 10.6 Å². The second kappa shape index (κ2) is 8.52. The average Bonchev–Trinajstić information content (AvgIpc) is 3.16. The number of para-hydroxylation sites is 1. The summed E-state index contributed by atoms with van der Waals surface area (Å²) in [6.45, 7) is 2.86. The van der Waals surface area contributed by atoms with Crippen molar-refractivity contribution in [2.75, 3.05) is 17.2 Å². The molecule has 8 nitrogen and oxygen atoms in total. The van der Waals surface area contributed by atoms with Gasteiger partial charge < -0.3 is 10.6 Å². The number of piperidine rings is 2. The number of nitrogens with zero attached hydrogens (tertiary/aromatic N) is 5. The fourth-order valence-corrected chi connectivity index (χ4v) is 5.17. The Bertz CT molecular complexity index is 1090. The van der Waals surface area contributed by atoms with Gasteiger partial charge in [-0.05, 0) is 44.7 Å². The predicted octanol–water partition coefficient (Wildman–Crippen LogP) is 4.12. The summed E-state index contributed by atoms with van der Waals surface area (Å²) < 4.78 is 0. The molecule has 2 aliphatic heterocycles. The van der Waals surface area contributed by atoms with E-state index in [1.54, 1.807) is 0 Å². The molecule has 0 amide bonds. The Labute approximate surface area is 182 Å². The fourth-order valence-electron chi connectivity index (χ4n) is 5.17. The van der Waals surface area contributed by atoms with Crippen molar-refractivity contribution in [1.29, 1.82) is 5.26 Å². The van der Waals surface area contributed by atoms with Crippen molar-refractivity contribution < 1.29 is 0 Å². The van der Waals surface area contributed by atoms with Crippen molar-refractivity contribution in [3.63, 3.8) is 0 Å². The van der Waals surface area contributed by atoms with Gasteiger partial charge in [-0.15, -0.1) is 0 Å². The number of nitrogens with one attached hydrogen (secondary N) is 3. The molecule has 1 unspecified atom stereocenters. The van der Waals surface area contributed by atoms with Gasteiger partial charge in [0.25, 0.3) is 0 Å². The Morgan fingerprint density at radius 2 is 2.00 bits per heavy atom. The lowest BCUT2D eigenvalue weighted by molar-refractivity contribution is 0.0370. The normalized spacial score (nSPS) is 23.4. The molecule has 4 heterocycles. The fraction of sp³-hybridized carbons (Fsp3) is 0.478. The molecule has 3 N–H and O–H groups in total. The van der Waals surface area contributed by atoms with Gasteiger partial charge in [0.05, 0.1) is 11.6 Å². The predicted molar refractivity (Wildman–Crippen MR) is 121 cm³/mol. The lowest BCUT2D eigenvalue weighted by atomic mass is 9.81.